The summed E-state index contributed by atoms with van der Waals surface area (Å²) in [5, 5.41) is 20.6. The number of hydrogen-bond acceptors (Lipinski definition) is 4. The van der Waals surface area contributed by atoms with Crippen LogP contribution in [0, 0.1) is 17.3 Å². The van der Waals surface area contributed by atoms with Gasteiger partial charge in [-0.05, 0) is 66.9 Å². The maximum atomic E-state index is 10.6. The quantitative estimate of drug-likeness (QED) is 0.873. The Morgan fingerprint density at radius 2 is 1.96 bits per heavy atom. The largest absolute Gasteiger partial charge is 0.508 e. The summed E-state index contributed by atoms with van der Waals surface area (Å²) in [6.45, 7) is 2.27. The standard InChI is InChI=1S/C20H28O4/c1-20-7-6-13-18-11(8-12(21)10-16(18)24-3)9-15(23-2)19(13)14(20)4-5-17(20)22/h8,10,13-15,17,19,21-22H,4-7,9H2,1-3H3/t13-,14+,15?,17+,19-,20+/m1/s1. The van der Waals surface area contributed by atoms with Crippen LogP contribution in [0.2, 0.25) is 0 Å². The van der Waals surface area contributed by atoms with E-state index in [1.54, 1.807) is 20.3 Å². The Morgan fingerprint density at radius 1 is 1.17 bits per heavy atom. The van der Waals surface area contributed by atoms with E-state index in [2.05, 4.69) is 6.92 Å². The van der Waals surface area contributed by atoms with Gasteiger partial charge in [-0.15, -0.1) is 0 Å². The summed E-state index contributed by atoms with van der Waals surface area (Å²) in [6, 6.07) is 3.61. The molecular formula is C20H28O4. The average molecular weight is 332 g/mol. The number of aliphatic hydroxyl groups excluding tert-OH is 1. The lowest BCUT2D eigenvalue weighted by molar-refractivity contribution is -0.0752. The molecule has 3 aliphatic carbocycles. The Hall–Kier alpha value is -1.26. The first-order valence-electron chi connectivity index (χ1n) is 9.10. The Bertz CT molecular complexity index is 643. The third-order valence-electron chi connectivity index (χ3n) is 7.24. The summed E-state index contributed by atoms with van der Waals surface area (Å²) < 4.78 is 11.5. The lowest BCUT2D eigenvalue weighted by atomic mass is 9.54. The predicted octanol–water partition coefficient (Wildman–Crippen LogP) is 3.24. The number of benzene rings is 1. The molecule has 6 atom stereocenters. The van der Waals surface area contributed by atoms with E-state index >= 15 is 0 Å². The van der Waals surface area contributed by atoms with Gasteiger partial charge in [-0.2, -0.15) is 0 Å². The van der Waals surface area contributed by atoms with Gasteiger partial charge in [-0.3, -0.25) is 0 Å². The topological polar surface area (TPSA) is 58.9 Å². The third-order valence-corrected chi connectivity index (χ3v) is 7.24. The van der Waals surface area contributed by atoms with E-state index in [4.69, 9.17) is 9.47 Å². The smallest absolute Gasteiger partial charge is 0.126 e. The van der Waals surface area contributed by atoms with Gasteiger partial charge in [-0.25, -0.2) is 0 Å². The maximum absolute atomic E-state index is 10.6. The van der Waals surface area contributed by atoms with Crippen LogP contribution < -0.4 is 4.74 Å². The highest BCUT2D eigenvalue weighted by Gasteiger charge is 2.57. The second-order valence-electron chi connectivity index (χ2n) is 8.13. The number of ether oxygens (including phenoxy) is 2. The van der Waals surface area contributed by atoms with E-state index in [1.807, 2.05) is 6.07 Å². The molecule has 0 bridgehead atoms. The Balaban J connectivity index is 1.82. The highest BCUT2D eigenvalue weighted by Crippen LogP contribution is 2.62. The van der Waals surface area contributed by atoms with Crippen LogP contribution in [0.15, 0.2) is 12.1 Å². The van der Waals surface area contributed by atoms with Crippen molar-refractivity contribution in [1.82, 2.24) is 0 Å². The summed E-state index contributed by atoms with van der Waals surface area (Å²) >= 11 is 0. The molecule has 132 valence electrons. The SMILES string of the molecule is COc1cc(O)cc2c1[C@H]1CC[C@]3(C)[C@@H](O)CC[C@H]3[C@@H]1C(OC)C2. The van der Waals surface area contributed by atoms with Crippen molar-refractivity contribution in [2.45, 2.75) is 57.2 Å². The molecule has 1 unspecified atom stereocenters. The van der Waals surface area contributed by atoms with E-state index in [-0.39, 0.29) is 23.4 Å². The minimum absolute atomic E-state index is 0.0135. The number of aromatic hydroxyl groups is 1. The minimum Gasteiger partial charge on any atom is -0.508 e. The van der Waals surface area contributed by atoms with E-state index in [0.717, 1.165) is 43.4 Å². The van der Waals surface area contributed by atoms with Crippen molar-refractivity contribution < 1.29 is 19.7 Å². The molecule has 1 aromatic rings. The molecule has 0 amide bonds. The van der Waals surface area contributed by atoms with Gasteiger partial charge in [0.05, 0.1) is 19.3 Å². The van der Waals surface area contributed by atoms with E-state index < -0.39 is 0 Å². The van der Waals surface area contributed by atoms with Crippen molar-refractivity contribution in [2.24, 2.45) is 17.3 Å². The van der Waals surface area contributed by atoms with Gasteiger partial charge in [0.15, 0.2) is 0 Å². The summed E-state index contributed by atoms with van der Waals surface area (Å²) in [7, 11) is 3.48. The number of phenols is 1. The summed E-state index contributed by atoms with van der Waals surface area (Å²) in [6.07, 6.45) is 4.82. The Kier molecular flexibility index (Phi) is 3.81. The number of methoxy groups -OCH3 is 2. The molecular weight excluding hydrogens is 304 g/mol. The highest BCUT2D eigenvalue weighted by atomic mass is 16.5. The molecule has 1 aromatic carbocycles. The number of fused-ring (bicyclic) bond motifs is 5. The van der Waals surface area contributed by atoms with Crippen LogP contribution in [-0.4, -0.2) is 36.6 Å². The third kappa shape index (κ3) is 2.12. The maximum Gasteiger partial charge on any atom is 0.126 e. The molecule has 2 N–H and O–H groups in total. The normalized spacial score (nSPS) is 40.6. The zero-order chi connectivity index (χ0) is 17.1. The van der Waals surface area contributed by atoms with Crippen LogP contribution in [0.25, 0.3) is 0 Å². The van der Waals surface area contributed by atoms with Crippen LogP contribution in [0.1, 0.15) is 49.7 Å². The van der Waals surface area contributed by atoms with Gasteiger partial charge < -0.3 is 19.7 Å². The molecule has 0 radical (unpaired) electrons. The first-order chi connectivity index (χ1) is 11.5. The molecule has 0 aliphatic heterocycles. The van der Waals surface area contributed by atoms with E-state index in [0.29, 0.717) is 17.8 Å². The number of aliphatic hydroxyl groups is 1. The fourth-order valence-corrected chi connectivity index (χ4v) is 6.04. The van der Waals surface area contributed by atoms with Crippen LogP contribution >= 0.6 is 0 Å². The van der Waals surface area contributed by atoms with Crippen molar-refractivity contribution in [3.05, 3.63) is 23.3 Å². The highest BCUT2D eigenvalue weighted by molar-refractivity contribution is 5.50. The van der Waals surface area contributed by atoms with Gasteiger partial charge in [0, 0.05) is 18.7 Å². The molecule has 4 nitrogen and oxygen atoms in total. The van der Waals surface area contributed by atoms with E-state index in [1.165, 1.54) is 5.56 Å². The number of rotatable bonds is 2. The molecule has 4 rings (SSSR count). The zero-order valence-corrected chi connectivity index (χ0v) is 14.8. The van der Waals surface area contributed by atoms with Gasteiger partial charge in [-0.1, -0.05) is 6.92 Å². The van der Waals surface area contributed by atoms with Crippen molar-refractivity contribution in [3.8, 4) is 11.5 Å². The van der Waals surface area contributed by atoms with Gasteiger partial charge in [0.25, 0.3) is 0 Å². The van der Waals surface area contributed by atoms with Gasteiger partial charge >= 0.3 is 0 Å². The second kappa shape index (κ2) is 5.63. The molecule has 2 saturated carbocycles. The van der Waals surface area contributed by atoms with Crippen LogP contribution in [0.5, 0.6) is 11.5 Å². The Morgan fingerprint density at radius 3 is 2.67 bits per heavy atom. The van der Waals surface area contributed by atoms with Gasteiger partial charge in [0.2, 0.25) is 0 Å². The van der Waals surface area contributed by atoms with Crippen molar-refractivity contribution in [3.63, 3.8) is 0 Å². The molecule has 24 heavy (non-hydrogen) atoms. The molecule has 2 fully saturated rings. The van der Waals surface area contributed by atoms with Crippen molar-refractivity contribution in [1.29, 1.82) is 0 Å². The molecule has 0 heterocycles. The van der Waals surface area contributed by atoms with Crippen LogP contribution in [0.3, 0.4) is 0 Å². The van der Waals surface area contributed by atoms with Crippen LogP contribution in [0.4, 0.5) is 0 Å². The number of phenolic OH excluding ortho intramolecular Hbond substituents is 1. The lowest BCUT2D eigenvalue weighted by Gasteiger charge is -2.52. The summed E-state index contributed by atoms with van der Waals surface area (Å²) in [4.78, 5) is 0. The minimum atomic E-state index is -0.191. The average Bonchev–Trinajstić information content (AvgIpc) is 2.88. The molecule has 0 aromatic heterocycles. The summed E-state index contributed by atoms with van der Waals surface area (Å²) in [5.41, 5.74) is 2.43. The molecule has 0 saturated heterocycles. The van der Waals surface area contributed by atoms with Crippen molar-refractivity contribution in [2.75, 3.05) is 14.2 Å². The molecule has 4 heteroatoms. The zero-order valence-electron chi connectivity index (χ0n) is 14.8. The predicted molar refractivity (Wildman–Crippen MR) is 91.5 cm³/mol. The van der Waals surface area contributed by atoms with Crippen molar-refractivity contribution >= 4 is 0 Å². The Labute approximate surface area is 143 Å². The fourth-order valence-electron chi connectivity index (χ4n) is 6.04. The lowest BCUT2D eigenvalue weighted by Crippen LogP contribution is -2.49. The van der Waals surface area contributed by atoms with Gasteiger partial charge in [0.1, 0.15) is 11.5 Å². The first kappa shape index (κ1) is 16.2. The number of hydrogen-bond donors (Lipinski definition) is 2. The molecule has 0 spiro atoms. The fraction of sp³-hybridized carbons (Fsp3) is 0.700. The van der Waals surface area contributed by atoms with Crippen LogP contribution in [-0.2, 0) is 11.2 Å². The molecule has 3 aliphatic rings. The monoisotopic (exact) mass is 332 g/mol. The summed E-state index contributed by atoms with van der Waals surface area (Å²) in [5.74, 6) is 2.35. The first-order valence-corrected chi connectivity index (χ1v) is 9.10. The van der Waals surface area contributed by atoms with E-state index in [9.17, 15) is 10.2 Å². The second-order valence-corrected chi connectivity index (χ2v) is 8.13.